The summed E-state index contributed by atoms with van der Waals surface area (Å²) in [5.41, 5.74) is 6.41. The van der Waals surface area contributed by atoms with Gasteiger partial charge in [-0.05, 0) is 30.6 Å². The molecule has 0 unspecified atom stereocenters. The predicted octanol–water partition coefficient (Wildman–Crippen LogP) is 2.23. The van der Waals surface area contributed by atoms with Crippen LogP contribution >= 0.6 is 0 Å². The average molecular weight is 528 g/mol. The van der Waals surface area contributed by atoms with Crippen LogP contribution in [-0.2, 0) is 31.1 Å². The van der Waals surface area contributed by atoms with Crippen LogP contribution in [0.15, 0.2) is 47.9 Å². The fourth-order valence-corrected chi connectivity index (χ4v) is 2.57. The van der Waals surface area contributed by atoms with Gasteiger partial charge in [0.1, 0.15) is 12.0 Å². The second-order valence-corrected chi connectivity index (χ2v) is 6.27. The van der Waals surface area contributed by atoms with E-state index in [4.69, 9.17) is 15.0 Å². The molecule has 0 aliphatic rings. The van der Waals surface area contributed by atoms with Crippen LogP contribution < -0.4 is 5.73 Å². The molecule has 0 aliphatic carbocycles. The Hall–Kier alpha value is -2.22. The van der Waals surface area contributed by atoms with E-state index in [0.29, 0.717) is 5.69 Å². The van der Waals surface area contributed by atoms with Gasteiger partial charge in [-0.25, -0.2) is 28.4 Å². The Morgan fingerprint density at radius 3 is 2.64 bits per heavy atom. The quantitative estimate of drug-likeness (QED) is 0.551. The van der Waals surface area contributed by atoms with E-state index in [0.717, 1.165) is 18.2 Å². The van der Waals surface area contributed by atoms with Crippen LogP contribution in [0.3, 0.4) is 0 Å². The first-order valence-corrected chi connectivity index (χ1v) is 8.09. The van der Waals surface area contributed by atoms with Crippen molar-refractivity contribution in [3.63, 3.8) is 0 Å². The molecule has 0 atom stereocenters. The van der Waals surface area contributed by atoms with Gasteiger partial charge in [-0.2, -0.15) is 0 Å². The van der Waals surface area contributed by atoms with Gasteiger partial charge >= 0.3 is 0 Å². The van der Waals surface area contributed by atoms with Crippen molar-refractivity contribution in [3.8, 4) is 22.6 Å². The summed E-state index contributed by atoms with van der Waals surface area (Å²) >= 11 is 0. The second-order valence-electron chi connectivity index (χ2n) is 4.79. The summed E-state index contributed by atoms with van der Waals surface area (Å²) in [6, 6.07) is 4.86. The van der Waals surface area contributed by atoms with Crippen molar-refractivity contribution in [2.24, 2.45) is 0 Å². The zero-order valence-electron chi connectivity index (χ0n) is 15.5. The Kier molecular flexibility index (Phi) is 4.43. The Bertz CT molecular complexity index is 1110. The Morgan fingerprint density at radius 2 is 2.00 bits per heavy atom. The van der Waals surface area contributed by atoms with Crippen molar-refractivity contribution < 1.29 is 33.6 Å². The third-order valence-electron chi connectivity index (χ3n) is 3.20. The van der Waals surface area contributed by atoms with Gasteiger partial charge in [0.05, 0.1) is 27.6 Å². The van der Waals surface area contributed by atoms with Crippen LogP contribution in [0.1, 0.15) is 9.68 Å². The number of aromatic nitrogens is 4. The molecule has 2 aromatic heterocycles. The topological polar surface area (TPSA) is 136 Å². The largest absolute Gasteiger partial charge is 0.560 e. The Balaban J connectivity index is 0.00000280. The van der Waals surface area contributed by atoms with E-state index < -0.39 is 16.9 Å². The molecule has 0 bridgehead atoms. The molecule has 10 heteroatoms. The molecule has 25 heavy (non-hydrogen) atoms. The molecule has 1 aromatic carbocycles. The van der Waals surface area contributed by atoms with Crippen molar-refractivity contribution in [3.05, 3.63) is 53.7 Å². The van der Waals surface area contributed by atoms with Crippen molar-refractivity contribution in [2.75, 3.05) is 5.73 Å². The van der Waals surface area contributed by atoms with Crippen LogP contribution in [0.25, 0.3) is 27.8 Å². The molecule has 8 nitrogen and oxygen atoms in total. The van der Waals surface area contributed by atoms with E-state index in [-0.39, 0.29) is 54.3 Å². The van der Waals surface area contributed by atoms with Crippen LogP contribution in [0.2, 0.25) is 0 Å². The van der Waals surface area contributed by atoms with E-state index in [9.17, 15) is 8.42 Å². The van der Waals surface area contributed by atoms with Crippen molar-refractivity contribution in [1.29, 1.82) is 0 Å². The molecule has 0 saturated heterocycles. The van der Waals surface area contributed by atoms with Crippen LogP contribution in [0.5, 0.6) is 0 Å². The van der Waals surface area contributed by atoms with Crippen LogP contribution in [0.4, 0.5) is 5.82 Å². The molecule has 3 N–H and O–H groups in total. The number of nitrogens with one attached hydrogen (secondary N) is 1. The number of aryl methyl sites for hydroxylation is 1. The molecular formula is C15H13N6O2SW-. The Labute approximate surface area is 163 Å². The molecule has 0 fully saturated rings. The van der Waals surface area contributed by atoms with Gasteiger partial charge in [0.15, 0.2) is 5.82 Å². The summed E-state index contributed by atoms with van der Waals surface area (Å²) in [6.07, 6.45) is 4.02. The number of benzene rings is 1. The third-order valence-corrected chi connectivity index (χ3v) is 4.08. The number of hydrogen-bond acceptors (Lipinski definition) is 7. The minimum absolute atomic E-state index is 0. The minimum Gasteiger partial charge on any atom is -0.560 e. The standard InChI is InChI=1S/C15H13N6O2S.W/c1-9-2-3-10(24(17,22)23)6-11(9)13-7-19-15(16)14(21-13)12-4-5-18-8-20-12;/h2-8H,1H3,(H3-,16,17,19,22,23);/q-1;/i1D3;. The van der Waals surface area contributed by atoms with Crippen LogP contribution in [0, 0.1) is 6.85 Å². The van der Waals surface area contributed by atoms with E-state index in [1.165, 1.54) is 18.7 Å². The van der Waals surface area contributed by atoms with Crippen LogP contribution in [-0.4, -0.2) is 28.4 Å². The van der Waals surface area contributed by atoms with E-state index in [1.54, 1.807) is 6.07 Å². The van der Waals surface area contributed by atoms with Crippen molar-refractivity contribution in [2.45, 2.75) is 11.7 Å². The molecule has 0 amide bonds. The number of nitrogens with two attached hydrogens (primary N) is 1. The normalized spacial score (nSPS) is 13.2. The van der Waals surface area contributed by atoms with Gasteiger partial charge in [0.25, 0.3) is 0 Å². The monoisotopic (exact) mass is 528 g/mol. The Morgan fingerprint density at radius 1 is 1.20 bits per heavy atom. The molecule has 0 radical (unpaired) electrons. The average Bonchev–Trinajstić information content (AvgIpc) is 2.61. The molecule has 0 spiro atoms. The van der Waals surface area contributed by atoms with E-state index >= 15 is 0 Å². The number of hydrogen-bond donors (Lipinski definition) is 1. The maximum Gasteiger partial charge on any atom is 0.151 e. The van der Waals surface area contributed by atoms with E-state index in [1.807, 2.05) is 0 Å². The number of nitrogen functional groups attached to an aromatic ring is 1. The maximum absolute atomic E-state index is 11.6. The van der Waals surface area contributed by atoms with Crippen molar-refractivity contribution >= 4 is 15.8 Å². The minimum atomic E-state index is -4.29. The molecular weight excluding hydrogens is 512 g/mol. The summed E-state index contributed by atoms with van der Waals surface area (Å²) in [6.45, 7) is -2.53. The van der Waals surface area contributed by atoms with Gasteiger partial charge in [0.2, 0.25) is 0 Å². The van der Waals surface area contributed by atoms with Gasteiger partial charge < -0.3 is 10.9 Å². The summed E-state index contributed by atoms with van der Waals surface area (Å²) < 4.78 is 46.2. The SMILES string of the molecule is [2H]C([2H])([2H])c1ccc(S([NH-])(=O)=O)cc1-c1cnc(N)c(-c2ccncn2)n1.[W]. The zero-order chi connectivity index (χ0) is 19.8. The maximum atomic E-state index is 11.6. The first-order valence-electron chi connectivity index (χ1n) is 8.11. The van der Waals surface area contributed by atoms with Gasteiger partial charge in [0, 0.05) is 41.8 Å². The molecule has 3 aromatic rings. The molecule has 2 heterocycles. The molecule has 0 aliphatic heterocycles. The summed E-state index contributed by atoms with van der Waals surface area (Å²) in [7, 11) is -4.29. The molecule has 0 saturated carbocycles. The number of sulfonamides is 1. The number of nitrogens with zero attached hydrogens (tertiary/aromatic N) is 4. The van der Waals surface area contributed by atoms with Gasteiger partial charge in [-0.1, -0.05) is 6.07 Å². The molecule has 3 rings (SSSR count). The third kappa shape index (κ3) is 4.07. The number of anilines is 1. The summed E-state index contributed by atoms with van der Waals surface area (Å²) in [5, 5.41) is 7.23. The predicted molar refractivity (Wildman–Crippen MR) is 89.2 cm³/mol. The molecule has 128 valence electrons. The van der Waals surface area contributed by atoms with E-state index in [2.05, 4.69) is 19.9 Å². The number of rotatable bonds is 3. The second kappa shape index (κ2) is 7.35. The van der Waals surface area contributed by atoms with Gasteiger partial charge in [-0.15, -0.1) is 0 Å². The first-order chi connectivity index (χ1) is 12.6. The summed E-state index contributed by atoms with van der Waals surface area (Å²) in [5.74, 6) is 0.0668. The zero-order valence-corrected chi connectivity index (χ0v) is 16.3. The fraction of sp³-hybridized carbons (Fsp3) is 0.0667. The first kappa shape index (κ1) is 15.1. The summed E-state index contributed by atoms with van der Waals surface area (Å²) in [4.78, 5) is 15.8. The fourth-order valence-electron chi connectivity index (χ4n) is 2.05. The smallest absolute Gasteiger partial charge is 0.151 e. The van der Waals surface area contributed by atoms with Crippen molar-refractivity contribution in [1.82, 2.24) is 19.9 Å². The van der Waals surface area contributed by atoms with Gasteiger partial charge in [-0.3, -0.25) is 0 Å².